The van der Waals surface area contributed by atoms with E-state index in [0.29, 0.717) is 6.04 Å². The van der Waals surface area contributed by atoms with Crippen molar-refractivity contribution in [1.29, 1.82) is 0 Å². The van der Waals surface area contributed by atoms with Crippen molar-refractivity contribution in [3.63, 3.8) is 0 Å². The first-order chi connectivity index (χ1) is 9.72. The molecular formula is C17H27N3. The summed E-state index contributed by atoms with van der Waals surface area (Å²) in [6, 6.07) is 7.69. The van der Waals surface area contributed by atoms with Crippen LogP contribution in [-0.4, -0.2) is 44.7 Å². The molecule has 1 N–H and O–H groups in total. The van der Waals surface area contributed by atoms with E-state index in [9.17, 15) is 0 Å². The molecule has 1 fully saturated rings. The van der Waals surface area contributed by atoms with E-state index in [1.165, 1.54) is 55.6 Å². The van der Waals surface area contributed by atoms with Crippen molar-refractivity contribution in [1.82, 2.24) is 10.2 Å². The Bertz CT molecular complexity index is 452. The van der Waals surface area contributed by atoms with Crippen LogP contribution in [0.1, 0.15) is 30.4 Å². The second-order valence-corrected chi connectivity index (χ2v) is 6.48. The smallest absolute Gasteiger partial charge is 0.0397 e. The molecular weight excluding hydrogens is 246 g/mol. The van der Waals surface area contributed by atoms with E-state index in [0.717, 1.165) is 13.1 Å². The van der Waals surface area contributed by atoms with Crippen LogP contribution in [0.15, 0.2) is 18.2 Å². The lowest BCUT2D eigenvalue weighted by atomic mass is 10.0. The third-order valence-electron chi connectivity index (χ3n) is 4.67. The van der Waals surface area contributed by atoms with Gasteiger partial charge in [-0.1, -0.05) is 18.6 Å². The number of hydrogen-bond acceptors (Lipinski definition) is 3. The number of likely N-dealkylation sites (N-methyl/N-ethyl adjacent to an activating group) is 2. The molecule has 1 atom stereocenters. The van der Waals surface area contributed by atoms with Gasteiger partial charge in [-0.05, 0) is 50.0 Å². The van der Waals surface area contributed by atoms with Crippen molar-refractivity contribution in [3.8, 4) is 0 Å². The maximum atomic E-state index is 3.63. The third-order valence-corrected chi connectivity index (χ3v) is 4.67. The number of nitrogens with one attached hydrogen (secondary N) is 1. The van der Waals surface area contributed by atoms with Gasteiger partial charge < -0.3 is 15.1 Å². The topological polar surface area (TPSA) is 18.5 Å². The Morgan fingerprint density at radius 3 is 3.05 bits per heavy atom. The van der Waals surface area contributed by atoms with E-state index in [4.69, 9.17) is 0 Å². The van der Waals surface area contributed by atoms with Gasteiger partial charge in [-0.15, -0.1) is 0 Å². The van der Waals surface area contributed by atoms with Crippen molar-refractivity contribution in [2.45, 2.75) is 38.3 Å². The average molecular weight is 273 g/mol. The van der Waals surface area contributed by atoms with Crippen LogP contribution >= 0.6 is 0 Å². The Kier molecular flexibility index (Phi) is 4.27. The highest BCUT2D eigenvalue weighted by atomic mass is 15.1. The normalized spacial score (nSPS) is 22.4. The molecule has 0 radical (unpaired) electrons. The summed E-state index contributed by atoms with van der Waals surface area (Å²) < 4.78 is 0. The van der Waals surface area contributed by atoms with Gasteiger partial charge in [0.05, 0.1) is 0 Å². The second kappa shape index (κ2) is 6.15. The van der Waals surface area contributed by atoms with Crippen molar-refractivity contribution in [2.24, 2.45) is 0 Å². The van der Waals surface area contributed by atoms with Crippen LogP contribution in [0.5, 0.6) is 0 Å². The second-order valence-electron chi connectivity index (χ2n) is 6.48. The summed E-state index contributed by atoms with van der Waals surface area (Å²) >= 11 is 0. The highest BCUT2D eigenvalue weighted by Crippen LogP contribution is 2.27. The molecule has 20 heavy (non-hydrogen) atoms. The molecule has 1 unspecified atom stereocenters. The third kappa shape index (κ3) is 3.15. The average Bonchev–Trinajstić information content (AvgIpc) is 2.81. The van der Waals surface area contributed by atoms with Gasteiger partial charge in [-0.3, -0.25) is 0 Å². The molecule has 0 aromatic heterocycles. The molecule has 1 aromatic carbocycles. The fourth-order valence-electron chi connectivity index (χ4n) is 3.55. The molecule has 1 aromatic rings. The van der Waals surface area contributed by atoms with Gasteiger partial charge in [0.2, 0.25) is 0 Å². The lowest BCUT2D eigenvalue weighted by Gasteiger charge is -2.28. The summed E-state index contributed by atoms with van der Waals surface area (Å²) in [6.07, 6.45) is 5.27. The van der Waals surface area contributed by atoms with E-state index in [2.05, 4.69) is 47.4 Å². The summed E-state index contributed by atoms with van der Waals surface area (Å²) in [5.41, 5.74) is 4.40. The molecule has 3 nitrogen and oxygen atoms in total. The van der Waals surface area contributed by atoms with Crippen LogP contribution in [0.3, 0.4) is 0 Å². The van der Waals surface area contributed by atoms with Crippen LogP contribution in [-0.2, 0) is 13.0 Å². The highest BCUT2D eigenvalue weighted by Gasteiger charge is 2.17. The Morgan fingerprint density at radius 1 is 1.35 bits per heavy atom. The molecule has 2 aliphatic heterocycles. The van der Waals surface area contributed by atoms with Crippen molar-refractivity contribution >= 4 is 5.69 Å². The molecule has 0 amide bonds. The predicted octanol–water partition coefficient (Wildman–Crippen LogP) is 2.25. The molecule has 2 heterocycles. The fourth-order valence-corrected chi connectivity index (χ4v) is 3.55. The molecule has 1 saturated heterocycles. The first kappa shape index (κ1) is 13.9. The molecule has 0 saturated carbocycles. The maximum Gasteiger partial charge on any atom is 0.0397 e. The van der Waals surface area contributed by atoms with Crippen molar-refractivity contribution in [3.05, 3.63) is 29.3 Å². The van der Waals surface area contributed by atoms with Gasteiger partial charge in [0, 0.05) is 38.4 Å². The Morgan fingerprint density at radius 2 is 2.25 bits per heavy atom. The summed E-state index contributed by atoms with van der Waals surface area (Å²) in [4.78, 5) is 4.82. The Balaban J connectivity index is 1.57. The maximum absolute atomic E-state index is 3.63. The number of nitrogens with zero attached hydrogens (tertiary/aromatic N) is 2. The lowest BCUT2D eigenvalue weighted by molar-refractivity contribution is 0.256. The summed E-state index contributed by atoms with van der Waals surface area (Å²) in [6.45, 7) is 4.59. The van der Waals surface area contributed by atoms with Crippen LogP contribution in [0, 0.1) is 0 Å². The van der Waals surface area contributed by atoms with Gasteiger partial charge in [-0.2, -0.15) is 0 Å². The Hall–Kier alpha value is -1.06. The quantitative estimate of drug-likeness (QED) is 0.908. The predicted molar refractivity (Wildman–Crippen MR) is 85.4 cm³/mol. The monoisotopic (exact) mass is 273 g/mol. The number of anilines is 1. The minimum atomic E-state index is 0.689. The van der Waals surface area contributed by atoms with E-state index < -0.39 is 0 Å². The molecule has 110 valence electrons. The minimum absolute atomic E-state index is 0.689. The number of piperidine rings is 1. The van der Waals surface area contributed by atoms with Gasteiger partial charge in [0.15, 0.2) is 0 Å². The standard InChI is InChI=1S/C17H27N3/c1-19(13-16-5-3-4-9-18-16)12-14-6-7-17-15(11-14)8-10-20(17)2/h6-7,11,16,18H,3-5,8-10,12-13H2,1-2H3. The summed E-state index contributed by atoms with van der Waals surface area (Å²) in [5.74, 6) is 0. The van der Waals surface area contributed by atoms with Crippen LogP contribution < -0.4 is 10.2 Å². The fraction of sp³-hybridized carbons (Fsp3) is 0.647. The molecule has 3 heteroatoms. The molecule has 0 aliphatic carbocycles. The summed E-state index contributed by atoms with van der Waals surface area (Å²) in [5, 5.41) is 3.63. The zero-order valence-electron chi connectivity index (χ0n) is 12.9. The first-order valence-electron chi connectivity index (χ1n) is 7.97. The number of fused-ring (bicyclic) bond motifs is 1. The highest BCUT2D eigenvalue weighted by molar-refractivity contribution is 5.58. The van der Waals surface area contributed by atoms with Crippen molar-refractivity contribution < 1.29 is 0 Å². The Labute approximate surface area is 123 Å². The van der Waals surface area contributed by atoms with Gasteiger partial charge in [0.1, 0.15) is 0 Å². The van der Waals surface area contributed by atoms with Crippen molar-refractivity contribution in [2.75, 3.05) is 38.6 Å². The first-order valence-corrected chi connectivity index (χ1v) is 7.97. The van der Waals surface area contributed by atoms with Gasteiger partial charge in [-0.25, -0.2) is 0 Å². The van der Waals surface area contributed by atoms with Crippen LogP contribution in [0.2, 0.25) is 0 Å². The van der Waals surface area contributed by atoms with Crippen LogP contribution in [0.4, 0.5) is 5.69 Å². The lowest BCUT2D eigenvalue weighted by Crippen LogP contribution is -2.42. The van der Waals surface area contributed by atoms with E-state index in [1.54, 1.807) is 0 Å². The SMILES string of the molecule is CN(Cc1ccc2c(c1)CCN2C)CC1CCCCN1. The van der Waals surface area contributed by atoms with E-state index >= 15 is 0 Å². The van der Waals surface area contributed by atoms with Crippen LogP contribution in [0.25, 0.3) is 0 Å². The van der Waals surface area contributed by atoms with E-state index in [-0.39, 0.29) is 0 Å². The minimum Gasteiger partial charge on any atom is -0.374 e. The summed E-state index contributed by atoms with van der Waals surface area (Å²) in [7, 11) is 4.43. The number of hydrogen-bond donors (Lipinski definition) is 1. The largest absolute Gasteiger partial charge is 0.374 e. The zero-order valence-corrected chi connectivity index (χ0v) is 12.9. The number of benzene rings is 1. The van der Waals surface area contributed by atoms with Gasteiger partial charge >= 0.3 is 0 Å². The van der Waals surface area contributed by atoms with E-state index in [1.807, 2.05) is 0 Å². The number of rotatable bonds is 4. The molecule has 0 spiro atoms. The molecule has 2 aliphatic rings. The molecule has 3 rings (SSSR count). The zero-order chi connectivity index (χ0) is 13.9. The molecule has 0 bridgehead atoms. The van der Waals surface area contributed by atoms with Gasteiger partial charge in [0.25, 0.3) is 0 Å².